The van der Waals surface area contributed by atoms with Crippen LogP contribution in [0.15, 0.2) is 18.2 Å². The minimum absolute atomic E-state index is 0.171. The fraction of sp³-hybridized carbons (Fsp3) is 0.267. The van der Waals surface area contributed by atoms with E-state index in [2.05, 4.69) is 15.2 Å². The van der Waals surface area contributed by atoms with Crippen LogP contribution in [-0.2, 0) is 6.18 Å². The highest BCUT2D eigenvalue weighted by Gasteiger charge is 2.36. The Bertz CT molecular complexity index is 951. The van der Waals surface area contributed by atoms with E-state index in [1.165, 1.54) is 12.1 Å². The lowest BCUT2D eigenvalue weighted by molar-refractivity contribution is -0.136. The SMILES string of the molecule is [B]c1nnc(-c2cc([B])c3cc(C4CC4)cc(C(F)(F)F)c3n2)s1. The maximum absolute atomic E-state index is 13.5. The van der Waals surface area contributed by atoms with E-state index in [0.717, 1.165) is 24.2 Å². The summed E-state index contributed by atoms with van der Waals surface area (Å²) in [4.78, 5) is 4.37. The molecular weight excluding hydrogens is 333 g/mol. The molecule has 0 bridgehead atoms. The smallest absolute Gasteiger partial charge is 0.245 e. The van der Waals surface area contributed by atoms with Gasteiger partial charge in [-0.05, 0) is 47.9 Å². The summed E-state index contributed by atoms with van der Waals surface area (Å²) in [6.45, 7) is 0. The van der Waals surface area contributed by atoms with Crippen molar-refractivity contribution in [1.29, 1.82) is 0 Å². The Kier molecular flexibility index (Phi) is 3.46. The van der Waals surface area contributed by atoms with Gasteiger partial charge in [-0.3, -0.25) is 0 Å². The first-order valence-corrected chi connectivity index (χ1v) is 8.05. The van der Waals surface area contributed by atoms with Gasteiger partial charge < -0.3 is 0 Å². The first-order valence-electron chi connectivity index (χ1n) is 7.23. The lowest BCUT2D eigenvalue weighted by Crippen LogP contribution is -2.13. The predicted octanol–water partition coefficient (Wildman–Crippen LogP) is 2.24. The Hall–Kier alpha value is -1.89. The van der Waals surface area contributed by atoms with Gasteiger partial charge in [0, 0.05) is 0 Å². The van der Waals surface area contributed by atoms with Crippen LogP contribution in [0.2, 0.25) is 0 Å². The Labute approximate surface area is 142 Å². The second-order valence-corrected chi connectivity index (χ2v) is 6.79. The van der Waals surface area contributed by atoms with E-state index in [4.69, 9.17) is 15.7 Å². The number of benzene rings is 1. The van der Waals surface area contributed by atoms with Crippen molar-refractivity contribution in [3.05, 3.63) is 29.3 Å². The lowest BCUT2D eigenvalue weighted by atomic mass is 9.88. The van der Waals surface area contributed by atoms with Crippen LogP contribution in [0.4, 0.5) is 13.2 Å². The molecule has 24 heavy (non-hydrogen) atoms. The number of pyridine rings is 1. The highest BCUT2D eigenvalue weighted by molar-refractivity contribution is 7.22. The largest absolute Gasteiger partial charge is 0.418 e. The number of hydrogen-bond acceptors (Lipinski definition) is 4. The number of halogens is 3. The summed E-state index contributed by atoms with van der Waals surface area (Å²) >= 11 is 1.05. The summed E-state index contributed by atoms with van der Waals surface area (Å²) in [5.41, 5.74) is 0.190. The quantitative estimate of drug-likeness (QED) is 0.671. The molecule has 1 aromatic carbocycles. The van der Waals surface area contributed by atoms with Crippen molar-refractivity contribution in [3.63, 3.8) is 0 Å². The minimum atomic E-state index is -4.51. The molecule has 0 spiro atoms. The van der Waals surface area contributed by atoms with E-state index in [1.54, 1.807) is 6.07 Å². The fourth-order valence-electron chi connectivity index (χ4n) is 2.69. The van der Waals surface area contributed by atoms with Gasteiger partial charge in [-0.2, -0.15) is 18.3 Å². The van der Waals surface area contributed by atoms with Crippen LogP contribution in [0.25, 0.3) is 21.6 Å². The normalized spacial score (nSPS) is 15.1. The molecule has 0 saturated heterocycles. The van der Waals surface area contributed by atoms with Gasteiger partial charge in [0.05, 0.1) is 16.0 Å². The molecule has 1 aliphatic carbocycles. The molecule has 3 aromatic rings. The molecule has 0 N–H and O–H groups in total. The fourth-order valence-corrected chi connectivity index (χ4v) is 3.26. The van der Waals surface area contributed by atoms with Crippen molar-refractivity contribution in [3.8, 4) is 10.7 Å². The van der Waals surface area contributed by atoms with Crippen molar-refractivity contribution in [2.45, 2.75) is 24.9 Å². The van der Waals surface area contributed by atoms with E-state index in [-0.39, 0.29) is 27.5 Å². The van der Waals surface area contributed by atoms with E-state index in [1.807, 2.05) is 0 Å². The monoisotopic (exact) mass is 341 g/mol. The van der Waals surface area contributed by atoms with E-state index in [9.17, 15) is 13.2 Å². The van der Waals surface area contributed by atoms with E-state index < -0.39 is 11.7 Å². The average Bonchev–Trinajstić information content (AvgIpc) is 3.27. The van der Waals surface area contributed by atoms with Crippen LogP contribution in [-0.4, -0.2) is 30.9 Å². The zero-order valence-electron chi connectivity index (χ0n) is 12.3. The molecule has 116 valence electrons. The van der Waals surface area contributed by atoms with Crippen LogP contribution >= 0.6 is 11.3 Å². The molecule has 1 fully saturated rings. The van der Waals surface area contributed by atoms with Gasteiger partial charge in [0.15, 0.2) is 12.9 Å². The summed E-state index contributed by atoms with van der Waals surface area (Å²) in [5.74, 6) is 0.178. The number of aromatic nitrogens is 3. The van der Waals surface area contributed by atoms with Gasteiger partial charge in [0.2, 0.25) is 0 Å². The van der Waals surface area contributed by atoms with Crippen LogP contribution in [0.5, 0.6) is 0 Å². The standard InChI is InChI=1S/C15H8B2F3N3S/c16-10-5-11(13-22-23-14(17)24-13)21-12-8(10)3-7(6-1-2-6)4-9(12)15(18,19)20/h3-6H,1-2H2. The molecule has 4 radical (unpaired) electrons. The summed E-state index contributed by atoms with van der Waals surface area (Å²) in [7, 11) is 11.6. The van der Waals surface area contributed by atoms with Crippen molar-refractivity contribution < 1.29 is 13.2 Å². The first-order chi connectivity index (χ1) is 11.3. The van der Waals surface area contributed by atoms with Crippen LogP contribution in [0, 0.1) is 0 Å². The van der Waals surface area contributed by atoms with Gasteiger partial charge in [-0.25, -0.2) is 4.98 Å². The van der Waals surface area contributed by atoms with Gasteiger partial charge in [0.25, 0.3) is 0 Å². The highest BCUT2D eigenvalue weighted by atomic mass is 32.1. The predicted molar refractivity (Wildman–Crippen MR) is 88.4 cm³/mol. The van der Waals surface area contributed by atoms with E-state index >= 15 is 0 Å². The maximum atomic E-state index is 13.5. The highest BCUT2D eigenvalue weighted by Crippen LogP contribution is 2.44. The molecule has 1 aliphatic rings. The molecule has 3 nitrogen and oxygen atoms in total. The van der Waals surface area contributed by atoms with E-state index in [0.29, 0.717) is 16.0 Å². The molecule has 0 aliphatic heterocycles. The second kappa shape index (κ2) is 5.31. The van der Waals surface area contributed by atoms with Crippen molar-refractivity contribution in [2.75, 3.05) is 0 Å². The zero-order valence-corrected chi connectivity index (χ0v) is 13.1. The molecule has 2 heterocycles. The van der Waals surface area contributed by atoms with Crippen molar-refractivity contribution in [2.24, 2.45) is 0 Å². The van der Waals surface area contributed by atoms with Crippen LogP contribution in [0.3, 0.4) is 0 Å². The lowest BCUT2D eigenvalue weighted by Gasteiger charge is -2.14. The molecule has 0 amide bonds. The Balaban J connectivity index is 2.00. The number of fused-ring (bicyclic) bond motifs is 1. The molecule has 0 unspecified atom stereocenters. The number of rotatable bonds is 2. The summed E-state index contributed by atoms with van der Waals surface area (Å²) in [5, 5.41) is 8.14. The average molecular weight is 341 g/mol. The van der Waals surface area contributed by atoms with Crippen LogP contribution < -0.4 is 10.4 Å². The maximum Gasteiger partial charge on any atom is 0.418 e. The van der Waals surface area contributed by atoms with Gasteiger partial charge in [0.1, 0.15) is 13.5 Å². The third-order valence-corrected chi connectivity index (χ3v) is 4.76. The number of hydrogen-bond donors (Lipinski definition) is 0. The molecule has 2 aromatic heterocycles. The van der Waals surface area contributed by atoms with Gasteiger partial charge in [-0.15, -0.1) is 16.4 Å². The molecule has 9 heteroatoms. The van der Waals surface area contributed by atoms with Gasteiger partial charge in [-0.1, -0.05) is 5.46 Å². The first kappa shape index (κ1) is 15.6. The number of nitrogens with zero attached hydrogens (tertiary/aromatic N) is 3. The molecule has 1 saturated carbocycles. The minimum Gasteiger partial charge on any atom is -0.245 e. The van der Waals surface area contributed by atoms with Gasteiger partial charge >= 0.3 is 6.18 Å². The van der Waals surface area contributed by atoms with Crippen molar-refractivity contribution >= 4 is 48.3 Å². The number of alkyl halides is 3. The van der Waals surface area contributed by atoms with Crippen LogP contribution in [0.1, 0.15) is 29.9 Å². The third kappa shape index (κ3) is 2.70. The Morgan fingerprint density at radius 3 is 2.42 bits per heavy atom. The second-order valence-electron chi connectivity index (χ2n) is 5.78. The third-order valence-electron chi connectivity index (χ3n) is 3.98. The van der Waals surface area contributed by atoms with Crippen molar-refractivity contribution in [1.82, 2.24) is 15.2 Å². The summed E-state index contributed by atoms with van der Waals surface area (Å²) in [6, 6.07) is 4.41. The molecule has 0 atom stereocenters. The zero-order chi connectivity index (χ0) is 17.1. The molecule has 4 rings (SSSR count). The Morgan fingerprint density at radius 2 is 1.83 bits per heavy atom. The molecular formula is C15H8B2F3N3S. The summed E-state index contributed by atoms with van der Waals surface area (Å²) < 4.78 is 40.6. The Morgan fingerprint density at radius 1 is 1.08 bits per heavy atom. The summed E-state index contributed by atoms with van der Waals surface area (Å²) in [6.07, 6.45) is -2.71. The topological polar surface area (TPSA) is 38.7 Å².